The van der Waals surface area contributed by atoms with E-state index in [4.69, 9.17) is 9.47 Å². The van der Waals surface area contributed by atoms with Crippen molar-refractivity contribution in [1.82, 2.24) is 10.2 Å². The summed E-state index contributed by atoms with van der Waals surface area (Å²) in [5.74, 6) is 0.247. The average Bonchev–Trinajstić information content (AvgIpc) is 3.39. The number of amides is 2. The lowest BCUT2D eigenvalue weighted by Gasteiger charge is -2.26. The number of benzene rings is 2. The highest BCUT2D eigenvalue weighted by atomic mass is 16.5. The Balaban J connectivity index is 1.47. The van der Waals surface area contributed by atoms with Gasteiger partial charge in [0.1, 0.15) is 5.75 Å². The molecule has 2 saturated heterocycles. The predicted octanol–water partition coefficient (Wildman–Crippen LogP) is 2.61. The molecule has 0 saturated carbocycles. The minimum atomic E-state index is -0.249. The van der Waals surface area contributed by atoms with E-state index in [-0.39, 0.29) is 11.8 Å². The summed E-state index contributed by atoms with van der Waals surface area (Å²) in [7, 11) is 1.57. The van der Waals surface area contributed by atoms with Crippen LogP contribution in [0.25, 0.3) is 0 Å². The van der Waals surface area contributed by atoms with Gasteiger partial charge in [-0.2, -0.15) is 0 Å². The van der Waals surface area contributed by atoms with E-state index in [1.54, 1.807) is 37.4 Å². The quantitative estimate of drug-likeness (QED) is 0.641. The van der Waals surface area contributed by atoms with Gasteiger partial charge in [-0.25, -0.2) is 0 Å². The molecule has 176 valence electrons. The van der Waals surface area contributed by atoms with Crippen LogP contribution in [0.5, 0.6) is 5.75 Å². The van der Waals surface area contributed by atoms with Gasteiger partial charge in [0.05, 0.1) is 25.9 Å². The highest BCUT2D eigenvalue weighted by Crippen LogP contribution is 2.28. The first-order chi connectivity index (χ1) is 16.1. The molecule has 0 radical (unpaired) electrons. The SMILES string of the molecule is COc1cccc(C(=O)Nc2ccc(N3CCCC3)c(C(=O)NCCN3CCOCC3)c2)c1. The van der Waals surface area contributed by atoms with Gasteiger partial charge in [0.25, 0.3) is 11.8 Å². The van der Waals surface area contributed by atoms with E-state index >= 15 is 0 Å². The molecule has 0 atom stereocenters. The van der Waals surface area contributed by atoms with Crippen LogP contribution in [0.3, 0.4) is 0 Å². The summed E-state index contributed by atoms with van der Waals surface area (Å²) in [6, 6.07) is 12.6. The van der Waals surface area contributed by atoms with Gasteiger partial charge in [0.2, 0.25) is 0 Å². The monoisotopic (exact) mass is 452 g/mol. The maximum atomic E-state index is 13.1. The molecular formula is C25H32N4O4. The van der Waals surface area contributed by atoms with E-state index in [1.807, 2.05) is 12.1 Å². The highest BCUT2D eigenvalue weighted by molar-refractivity contribution is 6.06. The standard InChI is InChI=1S/C25H32N4O4/c1-32-21-6-4-5-19(17-21)24(30)27-20-7-8-23(29-10-2-3-11-29)22(18-20)25(31)26-9-12-28-13-15-33-16-14-28/h4-8,17-18H,2-3,9-16H2,1H3,(H,26,31)(H,27,30). The zero-order chi connectivity index (χ0) is 23.0. The molecule has 2 aliphatic rings. The number of carbonyl (C=O) groups excluding carboxylic acids is 2. The molecule has 0 aliphatic carbocycles. The minimum Gasteiger partial charge on any atom is -0.497 e. The highest BCUT2D eigenvalue weighted by Gasteiger charge is 2.21. The summed E-state index contributed by atoms with van der Waals surface area (Å²) in [6.45, 7) is 6.48. The van der Waals surface area contributed by atoms with Crippen LogP contribution in [-0.4, -0.2) is 76.3 Å². The van der Waals surface area contributed by atoms with Gasteiger partial charge in [-0.3, -0.25) is 14.5 Å². The van der Waals surface area contributed by atoms with Crippen LogP contribution in [0.1, 0.15) is 33.6 Å². The number of rotatable bonds is 8. The van der Waals surface area contributed by atoms with Crippen molar-refractivity contribution in [3.05, 3.63) is 53.6 Å². The van der Waals surface area contributed by atoms with E-state index in [0.717, 1.165) is 64.5 Å². The van der Waals surface area contributed by atoms with Crippen molar-refractivity contribution >= 4 is 23.2 Å². The van der Waals surface area contributed by atoms with Crippen LogP contribution in [0.4, 0.5) is 11.4 Å². The second-order valence-electron chi connectivity index (χ2n) is 8.32. The maximum absolute atomic E-state index is 13.1. The lowest BCUT2D eigenvalue weighted by molar-refractivity contribution is 0.0383. The zero-order valence-corrected chi connectivity index (χ0v) is 19.1. The predicted molar refractivity (Wildman–Crippen MR) is 128 cm³/mol. The van der Waals surface area contributed by atoms with Crippen molar-refractivity contribution < 1.29 is 19.1 Å². The first-order valence-electron chi connectivity index (χ1n) is 11.6. The van der Waals surface area contributed by atoms with Crippen LogP contribution in [-0.2, 0) is 4.74 Å². The third-order valence-electron chi connectivity index (χ3n) is 6.10. The first-order valence-corrected chi connectivity index (χ1v) is 11.6. The van der Waals surface area contributed by atoms with Crippen LogP contribution >= 0.6 is 0 Å². The topological polar surface area (TPSA) is 83.1 Å². The Hall–Kier alpha value is -3.10. The number of anilines is 2. The molecule has 4 rings (SSSR count). The molecule has 2 heterocycles. The van der Waals surface area contributed by atoms with Crippen LogP contribution in [0, 0.1) is 0 Å². The Morgan fingerprint density at radius 3 is 2.55 bits per heavy atom. The molecular weight excluding hydrogens is 420 g/mol. The maximum Gasteiger partial charge on any atom is 0.255 e. The molecule has 2 aromatic rings. The molecule has 33 heavy (non-hydrogen) atoms. The second-order valence-corrected chi connectivity index (χ2v) is 8.32. The van der Waals surface area contributed by atoms with Crippen molar-refractivity contribution in [3.63, 3.8) is 0 Å². The Labute approximate surface area is 194 Å². The molecule has 0 unspecified atom stereocenters. The van der Waals surface area contributed by atoms with Crippen molar-refractivity contribution in [3.8, 4) is 5.75 Å². The van der Waals surface area contributed by atoms with E-state index in [0.29, 0.717) is 29.1 Å². The van der Waals surface area contributed by atoms with Crippen LogP contribution < -0.4 is 20.3 Å². The second kappa shape index (κ2) is 11.2. The summed E-state index contributed by atoms with van der Waals surface area (Å²) in [5, 5.41) is 5.98. The summed E-state index contributed by atoms with van der Waals surface area (Å²) in [6.07, 6.45) is 2.23. The van der Waals surface area contributed by atoms with Crippen molar-refractivity contribution in [2.45, 2.75) is 12.8 Å². The number of nitrogens with zero attached hydrogens (tertiary/aromatic N) is 2. The van der Waals surface area contributed by atoms with Crippen LogP contribution in [0.2, 0.25) is 0 Å². The van der Waals surface area contributed by atoms with Crippen LogP contribution in [0.15, 0.2) is 42.5 Å². The Bertz CT molecular complexity index is 969. The molecule has 8 heteroatoms. The summed E-state index contributed by atoms with van der Waals surface area (Å²) < 4.78 is 10.6. The number of hydrogen-bond donors (Lipinski definition) is 2. The molecule has 0 spiro atoms. The summed E-state index contributed by atoms with van der Waals surface area (Å²) >= 11 is 0. The van der Waals surface area contributed by atoms with Gasteiger partial charge < -0.3 is 25.0 Å². The fraction of sp³-hybridized carbons (Fsp3) is 0.440. The summed E-state index contributed by atoms with van der Waals surface area (Å²) in [4.78, 5) is 30.4. The number of ether oxygens (including phenoxy) is 2. The molecule has 0 bridgehead atoms. The van der Waals surface area contributed by atoms with E-state index in [9.17, 15) is 9.59 Å². The number of morpholine rings is 1. The minimum absolute atomic E-state index is 0.123. The average molecular weight is 453 g/mol. The molecule has 2 aliphatic heterocycles. The molecule has 2 N–H and O–H groups in total. The number of hydrogen-bond acceptors (Lipinski definition) is 6. The van der Waals surface area contributed by atoms with E-state index in [1.165, 1.54) is 0 Å². The molecule has 0 aromatic heterocycles. The largest absolute Gasteiger partial charge is 0.497 e. The lowest BCUT2D eigenvalue weighted by atomic mass is 10.1. The van der Waals surface area contributed by atoms with Crippen molar-refractivity contribution in [2.75, 3.05) is 69.8 Å². The third-order valence-corrected chi connectivity index (χ3v) is 6.10. The smallest absolute Gasteiger partial charge is 0.255 e. The van der Waals surface area contributed by atoms with Crippen molar-refractivity contribution in [1.29, 1.82) is 0 Å². The van der Waals surface area contributed by atoms with Gasteiger partial charge in [-0.1, -0.05) is 6.07 Å². The molecule has 8 nitrogen and oxygen atoms in total. The van der Waals surface area contributed by atoms with E-state index < -0.39 is 0 Å². The van der Waals surface area contributed by atoms with Crippen molar-refractivity contribution in [2.24, 2.45) is 0 Å². The summed E-state index contributed by atoms with van der Waals surface area (Å²) in [5.41, 5.74) is 2.58. The van der Waals surface area contributed by atoms with Gasteiger partial charge in [-0.05, 0) is 49.2 Å². The molecule has 2 fully saturated rings. The number of methoxy groups -OCH3 is 1. The molecule has 2 aromatic carbocycles. The van der Waals surface area contributed by atoms with Gasteiger partial charge in [0, 0.05) is 56.2 Å². The Morgan fingerprint density at radius 2 is 1.79 bits per heavy atom. The van der Waals surface area contributed by atoms with E-state index in [2.05, 4.69) is 20.4 Å². The normalized spacial score (nSPS) is 16.5. The Kier molecular flexibility index (Phi) is 7.80. The fourth-order valence-corrected chi connectivity index (χ4v) is 4.24. The van der Waals surface area contributed by atoms with Gasteiger partial charge >= 0.3 is 0 Å². The number of carbonyl (C=O) groups is 2. The fourth-order valence-electron chi connectivity index (χ4n) is 4.24. The van der Waals surface area contributed by atoms with Gasteiger partial charge in [-0.15, -0.1) is 0 Å². The molecule has 2 amide bonds. The third kappa shape index (κ3) is 6.03. The number of nitrogens with one attached hydrogen (secondary N) is 2. The first kappa shape index (κ1) is 23.1. The zero-order valence-electron chi connectivity index (χ0n) is 19.1. The lowest BCUT2D eigenvalue weighted by Crippen LogP contribution is -2.41. The van der Waals surface area contributed by atoms with Gasteiger partial charge in [0.15, 0.2) is 0 Å². The Morgan fingerprint density at radius 1 is 1.00 bits per heavy atom.